The molecule has 250 valence electrons. The third-order valence-corrected chi connectivity index (χ3v) is 10.5. The third kappa shape index (κ3) is 5.13. The smallest absolute Gasteiger partial charge is 0.0972 e. The molecule has 0 spiro atoms. The summed E-state index contributed by atoms with van der Waals surface area (Å²) in [6.45, 7) is 0. The number of para-hydroxylation sites is 1. The van der Waals surface area contributed by atoms with Crippen molar-refractivity contribution in [3.8, 4) is 44.9 Å². The lowest BCUT2D eigenvalue weighted by molar-refractivity contribution is 1.37. The summed E-state index contributed by atoms with van der Waals surface area (Å²) < 4.78 is 0. The normalized spacial score (nSPS) is 11.7. The van der Waals surface area contributed by atoms with Gasteiger partial charge in [0.1, 0.15) is 0 Å². The molecule has 6 aromatic carbocycles. The van der Waals surface area contributed by atoms with Gasteiger partial charge in [-0.3, -0.25) is 9.97 Å². The molecule has 5 heterocycles. The lowest BCUT2D eigenvalue weighted by Gasteiger charge is -2.10. The minimum absolute atomic E-state index is 0.925. The van der Waals surface area contributed by atoms with Crippen LogP contribution in [0.15, 0.2) is 176 Å². The maximum atomic E-state index is 5.08. The average molecular weight is 688 g/mol. The Morgan fingerprint density at radius 2 is 0.741 bits per heavy atom. The highest BCUT2D eigenvalue weighted by atomic mass is 14.8. The van der Waals surface area contributed by atoms with Crippen LogP contribution in [0.4, 0.5) is 0 Å². The van der Waals surface area contributed by atoms with E-state index in [0.29, 0.717) is 0 Å². The Kier molecular flexibility index (Phi) is 6.79. The van der Waals surface area contributed by atoms with E-state index in [-0.39, 0.29) is 0 Å². The van der Waals surface area contributed by atoms with Gasteiger partial charge in [-0.05, 0) is 88.6 Å². The molecule has 0 fully saturated rings. The Balaban J connectivity index is 0.875. The van der Waals surface area contributed by atoms with Gasteiger partial charge in [0.15, 0.2) is 0 Å². The SMILES string of the molecule is c1cnc2c(-c3ccc4cc(-c5ccc6nc(-c7ccc8cc(-c9ccc%10ccc%11cccnc%11c%10n9)ccc8c7)ccc6c5)ccc4n3)cccc2c1. The van der Waals surface area contributed by atoms with Gasteiger partial charge in [0, 0.05) is 56.0 Å². The predicted molar refractivity (Wildman–Crippen MR) is 222 cm³/mol. The van der Waals surface area contributed by atoms with Gasteiger partial charge in [0.2, 0.25) is 0 Å². The van der Waals surface area contributed by atoms with Gasteiger partial charge in [-0.2, -0.15) is 0 Å². The molecule has 0 aliphatic rings. The second kappa shape index (κ2) is 12.1. The Morgan fingerprint density at radius 1 is 0.278 bits per heavy atom. The van der Waals surface area contributed by atoms with Crippen molar-refractivity contribution in [3.05, 3.63) is 176 Å². The summed E-state index contributed by atoms with van der Waals surface area (Å²) in [5.41, 5.74) is 13.1. The molecule has 5 nitrogen and oxygen atoms in total. The van der Waals surface area contributed by atoms with Crippen molar-refractivity contribution in [2.24, 2.45) is 0 Å². The molecule has 0 N–H and O–H groups in total. The Bertz CT molecular complexity index is 3290. The summed E-state index contributed by atoms with van der Waals surface area (Å²) in [6.07, 6.45) is 3.67. The highest BCUT2D eigenvalue weighted by molar-refractivity contribution is 6.03. The van der Waals surface area contributed by atoms with Crippen molar-refractivity contribution in [1.29, 1.82) is 0 Å². The highest BCUT2D eigenvalue weighted by Gasteiger charge is 2.11. The van der Waals surface area contributed by atoms with Crippen LogP contribution >= 0.6 is 0 Å². The van der Waals surface area contributed by atoms with Gasteiger partial charge >= 0.3 is 0 Å². The van der Waals surface area contributed by atoms with Crippen molar-refractivity contribution in [2.75, 3.05) is 0 Å². The molecule has 0 aliphatic carbocycles. The standard InChI is InChI=1S/C49H29N5/c1-4-30-5-2-24-50-47(30)41(7-1)46-23-18-40-29-36(16-21-44(40)53-46)35-15-20-42-39(28-35)17-22-43(52-42)37-12-10-34-27-38(13-11-33(34)26-37)45-19-14-32-9-8-31-6-3-25-51-48(31)49(32)54-45/h1-29H. The van der Waals surface area contributed by atoms with Gasteiger partial charge < -0.3 is 0 Å². The molecule has 0 radical (unpaired) electrons. The fraction of sp³-hybridized carbons (Fsp3) is 0. The number of rotatable bonds is 4. The van der Waals surface area contributed by atoms with Crippen molar-refractivity contribution in [1.82, 2.24) is 24.9 Å². The molecule has 5 aromatic heterocycles. The van der Waals surface area contributed by atoms with E-state index >= 15 is 0 Å². The van der Waals surface area contributed by atoms with E-state index in [0.717, 1.165) is 110 Å². The first-order valence-corrected chi connectivity index (χ1v) is 18.1. The topological polar surface area (TPSA) is 64.5 Å². The summed E-state index contributed by atoms with van der Waals surface area (Å²) in [4.78, 5) is 24.4. The zero-order valence-electron chi connectivity index (χ0n) is 29.0. The molecular weight excluding hydrogens is 659 g/mol. The van der Waals surface area contributed by atoms with Crippen LogP contribution in [0.1, 0.15) is 0 Å². The Labute approximate surface area is 310 Å². The zero-order chi connectivity index (χ0) is 35.6. The monoisotopic (exact) mass is 687 g/mol. The van der Waals surface area contributed by atoms with E-state index in [1.165, 1.54) is 0 Å². The number of aromatic nitrogens is 5. The second-order valence-corrected chi connectivity index (χ2v) is 13.8. The van der Waals surface area contributed by atoms with Crippen molar-refractivity contribution in [2.45, 2.75) is 0 Å². The molecule has 54 heavy (non-hydrogen) atoms. The summed E-state index contributed by atoms with van der Waals surface area (Å²) in [6, 6.07) is 57.4. The van der Waals surface area contributed by atoms with Gasteiger partial charge in [-0.25, -0.2) is 15.0 Å². The van der Waals surface area contributed by atoms with Crippen LogP contribution in [0.2, 0.25) is 0 Å². The van der Waals surface area contributed by atoms with E-state index in [2.05, 4.69) is 162 Å². The molecule has 0 bridgehead atoms. The quantitative estimate of drug-likeness (QED) is 0.172. The van der Waals surface area contributed by atoms with E-state index < -0.39 is 0 Å². The van der Waals surface area contributed by atoms with Crippen LogP contribution in [-0.2, 0) is 0 Å². The van der Waals surface area contributed by atoms with Crippen LogP contribution in [0.3, 0.4) is 0 Å². The summed E-state index contributed by atoms with van der Waals surface area (Å²) in [5, 5.41) is 7.81. The van der Waals surface area contributed by atoms with Crippen LogP contribution in [0.5, 0.6) is 0 Å². The number of benzene rings is 6. The molecule has 11 aromatic rings. The van der Waals surface area contributed by atoms with E-state index in [9.17, 15) is 0 Å². The van der Waals surface area contributed by atoms with Gasteiger partial charge in [0.25, 0.3) is 0 Å². The lowest BCUT2D eigenvalue weighted by Crippen LogP contribution is -1.90. The van der Waals surface area contributed by atoms with Crippen LogP contribution in [-0.4, -0.2) is 24.9 Å². The number of pyridine rings is 5. The van der Waals surface area contributed by atoms with Gasteiger partial charge in [-0.1, -0.05) is 97.1 Å². The molecule has 0 saturated carbocycles. The first-order chi connectivity index (χ1) is 26.7. The van der Waals surface area contributed by atoms with E-state index in [1.54, 1.807) is 0 Å². The maximum Gasteiger partial charge on any atom is 0.0972 e. The van der Waals surface area contributed by atoms with Crippen LogP contribution in [0, 0.1) is 0 Å². The Morgan fingerprint density at radius 3 is 1.43 bits per heavy atom. The number of hydrogen-bond acceptors (Lipinski definition) is 5. The van der Waals surface area contributed by atoms with Crippen molar-refractivity contribution in [3.63, 3.8) is 0 Å². The molecule has 0 saturated heterocycles. The van der Waals surface area contributed by atoms with Gasteiger partial charge in [-0.15, -0.1) is 0 Å². The van der Waals surface area contributed by atoms with E-state index in [4.69, 9.17) is 15.0 Å². The summed E-state index contributed by atoms with van der Waals surface area (Å²) >= 11 is 0. The van der Waals surface area contributed by atoms with Crippen molar-refractivity contribution >= 4 is 65.3 Å². The molecule has 11 rings (SSSR count). The van der Waals surface area contributed by atoms with E-state index in [1.807, 2.05) is 24.5 Å². The largest absolute Gasteiger partial charge is 0.256 e. The van der Waals surface area contributed by atoms with Gasteiger partial charge in [0.05, 0.1) is 44.7 Å². The first kappa shape index (κ1) is 30.3. The summed E-state index contributed by atoms with van der Waals surface area (Å²) in [5.74, 6) is 0. The molecule has 0 atom stereocenters. The molecule has 0 unspecified atom stereocenters. The first-order valence-electron chi connectivity index (χ1n) is 18.1. The third-order valence-electron chi connectivity index (χ3n) is 10.5. The fourth-order valence-corrected chi connectivity index (χ4v) is 7.68. The minimum atomic E-state index is 0.925. The number of fused-ring (bicyclic) bond motifs is 7. The molecule has 5 heteroatoms. The maximum absolute atomic E-state index is 5.08. The second-order valence-electron chi connectivity index (χ2n) is 13.8. The lowest BCUT2D eigenvalue weighted by atomic mass is 9.99. The van der Waals surface area contributed by atoms with Crippen LogP contribution in [0.25, 0.3) is 110 Å². The zero-order valence-corrected chi connectivity index (χ0v) is 29.0. The minimum Gasteiger partial charge on any atom is -0.256 e. The van der Waals surface area contributed by atoms with Crippen LogP contribution < -0.4 is 0 Å². The highest BCUT2D eigenvalue weighted by Crippen LogP contribution is 2.33. The molecule has 0 amide bonds. The van der Waals surface area contributed by atoms with Crippen molar-refractivity contribution < 1.29 is 0 Å². The fourth-order valence-electron chi connectivity index (χ4n) is 7.68. The average Bonchev–Trinajstić information content (AvgIpc) is 3.25. The molecular formula is C49H29N5. The summed E-state index contributed by atoms with van der Waals surface area (Å²) in [7, 11) is 0. The predicted octanol–water partition coefficient (Wildman–Crippen LogP) is 12.2. The molecule has 0 aliphatic heterocycles. The Hall–Kier alpha value is -7.37. The number of hydrogen-bond donors (Lipinski definition) is 0. The number of nitrogens with zero attached hydrogens (tertiary/aromatic N) is 5.